The van der Waals surface area contributed by atoms with Crippen LogP contribution in [0.5, 0.6) is 0 Å². The van der Waals surface area contributed by atoms with Gasteiger partial charge in [-0.25, -0.2) is 28.3 Å². The molecule has 1 fully saturated rings. The average Bonchev–Trinajstić information content (AvgIpc) is 2.89. The molecule has 0 radical (unpaired) electrons. The fourth-order valence-electron chi connectivity index (χ4n) is 4.89. The summed E-state index contributed by atoms with van der Waals surface area (Å²) in [5, 5.41) is 14.7. The lowest BCUT2D eigenvalue weighted by Gasteiger charge is -2.42. The zero-order chi connectivity index (χ0) is 29.9. The minimum absolute atomic E-state index is 0.0947. The smallest absolute Gasteiger partial charge is 0.410 e. The molecule has 0 spiro atoms. The molecule has 0 saturated carbocycles. The lowest BCUT2D eigenvalue weighted by molar-refractivity contribution is -0.131. The van der Waals surface area contributed by atoms with Gasteiger partial charge in [-0.2, -0.15) is 5.26 Å². The number of hydrogen-bond acceptors (Lipinski definition) is 9. The van der Waals surface area contributed by atoms with Gasteiger partial charge in [-0.05, 0) is 45.2 Å². The number of carbonyl (C=O) groups excluding carboxylic acids is 2. The zero-order valence-electron chi connectivity index (χ0n) is 23.5. The molecule has 1 aromatic carbocycles. The van der Waals surface area contributed by atoms with E-state index in [1.807, 2.05) is 4.90 Å². The summed E-state index contributed by atoms with van der Waals surface area (Å²) >= 11 is 0. The van der Waals surface area contributed by atoms with E-state index in [0.29, 0.717) is 44.1 Å². The van der Waals surface area contributed by atoms with Crippen molar-refractivity contribution in [3.8, 4) is 17.9 Å². The van der Waals surface area contributed by atoms with Gasteiger partial charge >= 0.3 is 6.09 Å². The number of benzene rings is 1. The molecule has 0 unspecified atom stereocenters. The van der Waals surface area contributed by atoms with Crippen molar-refractivity contribution in [2.24, 2.45) is 5.14 Å². The number of ether oxygens (including phenoxy) is 1. The van der Waals surface area contributed by atoms with Crippen molar-refractivity contribution >= 4 is 27.8 Å². The van der Waals surface area contributed by atoms with E-state index in [-0.39, 0.29) is 41.2 Å². The van der Waals surface area contributed by atoms with E-state index >= 15 is 0 Å². The van der Waals surface area contributed by atoms with Crippen molar-refractivity contribution in [2.75, 3.05) is 31.1 Å². The number of amides is 2. The van der Waals surface area contributed by atoms with Crippen LogP contribution < -0.4 is 10.0 Å². The zero-order valence-corrected chi connectivity index (χ0v) is 24.4. The Morgan fingerprint density at radius 2 is 1.88 bits per heavy atom. The number of rotatable bonds is 3. The van der Waals surface area contributed by atoms with Crippen molar-refractivity contribution in [2.45, 2.75) is 63.6 Å². The summed E-state index contributed by atoms with van der Waals surface area (Å²) in [6.07, 6.45) is 0.191. The van der Waals surface area contributed by atoms with Crippen LogP contribution in [0.25, 0.3) is 0 Å². The van der Waals surface area contributed by atoms with Crippen LogP contribution in [0.15, 0.2) is 29.2 Å². The molecule has 216 valence electrons. The lowest BCUT2D eigenvalue weighted by Crippen LogP contribution is -2.55. The Labute approximate surface area is 240 Å². The summed E-state index contributed by atoms with van der Waals surface area (Å²) in [5.74, 6) is 6.38. The van der Waals surface area contributed by atoms with Crippen LogP contribution in [0.2, 0.25) is 0 Å². The van der Waals surface area contributed by atoms with Gasteiger partial charge in [0.25, 0.3) is 0 Å². The van der Waals surface area contributed by atoms with Crippen LogP contribution in [-0.4, -0.2) is 78.0 Å². The van der Waals surface area contributed by atoms with E-state index in [9.17, 15) is 23.3 Å². The molecule has 41 heavy (non-hydrogen) atoms. The molecule has 1 saturated heterocycles. The van der Waals surface area contributed by atoms with Gasteiger partial charge < -0.3 is 19.4 Å². The van der Waals surface area contributed by atoms with Crippen LogP contribution in [-0.2, 0) is 32.5 Å². The summed E-state index contributed by atoms with van der Waals surface area (Å²) in [5.41, 5.74) is 1.000. The number of nitriles is 1. The van der Waals surface area contributed by atoms with Gasteiger partial charge in [0, 0.05) is 44.2 Å². The predicted molar refractivity (Wildman–Crippen MR) is 150 cm³/mol. The number of sulfonamides is 1. The van der Waals surface area contributed by atoms with Crippen molar-refractivity contribution < 1.29 is 22.7 Å². The first-order chi connectivity index (χ1) is 19.3. The van der Waals surface area contributed by atoms with E-state index in [0.717, 1.165) is 5.56 Å². The summed E-state index contributed by atoms with van der Waals surface area (Å²) in [6.45, 7) is 8.78. The van der Waals surface area contributed by atoms with Crippen molar-refractivity contribution in [1.29, 1.82) is 5.26 Å². The van der Waals surface area contributed by atoms with Crippen LogP contribution >= 0.6 is 0 Å². The van der Waals surface area contributed by atoms with E-state index in [4.69, 9.17) is 14.9 Å². The van der Waals surface area contributed by atoms with E-state index in [1.165, 1.54) is 13.0 Å². The number of nitrogens with zero attached hydrogens (tertiary/aromatic N) is 6. The molecule has 13 heteroatoms. The van der Waals surface area contributed by atoms with E-state index in [1.54, 1.807) is 48.8 Å². The number of carbonyl (C=O) groups is 2. The first kappa shape index (κ1) is 29.8. The Morgan fingerprint density at radius 1 is 1.15 bits per heavy atom. The molecule has 1 aromatic heterocycles. The summed E-state index contributed by atoms with van der Waals surface area (Å²) < 4.78 is 29.7. The topological polar surface area (TPSA) is 163 Å². The molecule has 2 amide bonds. The normalized spacial score (nSPS) is 17.2. The van der Waals surface area contributed by atoms with Crippen molar-refractivity contribution in [3.05, 3.63) is 46.9 Å². The van der Waals surface area contributed by atoms with Crippen LogP contribution in [0.3, 0.4) is 0 Å². The number of hydrogen-bond donors (Lipinski definition) is 1. The highest BCUT2D eigenvalue weighted by Crippen LogP contribution is 2.29. The number of piperazine rings is 1. The molecule has 0 aliphatic carbocycles. The average molecular weight is 580 g/mol. The Bertz CT molecular complexity index is 1570. The minimum Gasteiger partial charge on any atom is -0.444 e. The maximum Gasteiger partial charge on any atom is 0.410 e. The van der Waals surface area contributed by atoms with Crippen LogP contribution in [0.1, 0.15) is 56.8 Å². The Hall–Kier alpha value is -4.20. The maximum atomic E-state index is 12.8. The Kier molecular flexibility index (Phi) is 8.52. The predicted octanol–water partition coefficient (Wildman–Crippen LogP) is 1.77. The molecule has 1 atom stereocenters. The summed E-state index contributed by atoms with van der Waals surface area (Å²) in [7, 11) is -4.00. The maximum absolute atomic E-state index is 12.8. The van der Waals surface area contributed by atoms with Gasteiger partial charge in [-0.15, -0.1) is 0 Å². The number of anilines is 1. The number of fused-ring (bicyclic) bond motifs is 1. The van der Waals surface area contributed by atoms with Gasteiger partial charge in [-0.1, -0.05) is 18.1 Å². The third-order valence-electron chi connectivity index (χ3n) is 6.71. The highest BCUT2D eigenvalue weighted by atomic mass is 32.2. The fraction of sp³-hybridized carbons (Fsp3) is 0.464. The highest BCUT2D eigenvalue weighted by Gasteiger charge is 2.34. The van der Waals surface area contributed by atoms with Gasteiger partial charge in [0.05, 0.1) is 35.7 Å². The second-order valence-corrected chi connectivity index (χ2v) is 12.4. The Morgan fingerprint density at radius 3 is 2.54 bits per heavy atom. The van der Waals surface area contributed by atoms with Gasteiger partial charge in [0.15, 0.2) is 0 Å². The minimum atomic E-state index is -4.00. The summed E-state index contributed by atoms with van der Waals surface area (Å²) in [6, 6.07) is 7.99. The molecule has 2 N–H and O–H groups in total. The summed E-state index contributed by atoms with van der Waals surface area (Å²) in [4.78, 5) is 39.6. The van der Waals surface area contributed by atoms with E-state index < -0.39 is 21.7 Å². The number of aromatic nitrogens is 2. The highest BCUT2D eigenvalue weighted by molar-refractivity contribution is 7.89. The molecule has 2 aliphatic heterocycles. The van der Waals surface area contributed by atoms with Gasteiger partial charge in [0.1, 0.15) is 11.4 Å². The number of primary sulfonamides is 1. The second kappa shape index (κ2) is 11.7. The molecular weight excluding hydrogens is 546 g/mol. The molecule has 4 rings (SSSR count). The SMILES string of the molecule is CC(=O)N1CCN(c2nc(C#Cc3ccccc3S(N)(=O)=O)nc3c2CCN(C(=O)OC(C)(C)C)C3)C[C@@H]1CC#N. The van der Waals surface area contributed by atoms with Gasteiger partial charge in [0.2, 0.25) is 21.8 Å². The monoisotopic (exact) mass is 579 g/mol. The molecule has 0 bridgehead atoms. The molecule has 2 aromatic rings. The van der Waals surface area contributed by atoms with Gasteiger partial charge in [-0.3, -0.25) is 4.79 Å². The first-order valence-electron chi connectivity index (χ1n) is 13.2. The van der Waals surface area contributed by atoms with Crippen molar-refractivity contribution in [1.82, 2.24) is 19.8 Å². The lowest BCUT2D eigenvalue weighted by atomic mass is 10.0. The first-order valence-corrected chi connectivity index (χ1v) is 14.7. The fourth-order valence-corrected chi connectivity index (χ4v) is 5.59. The Balaban J connectivity index is 1.76. The van der Waals surface area contributed by atoms with Crippen LogP contribution in [0, 0.1) is 23.2 Å². The third-order valence-corrected chi connectivity index (χ3v) is 7.68. The largest absolute Gasteiger partial charge is 0.444 e. The van der Waals surface area contributed by atoms with Crippen LogP contribution in [0.4, 0.5) is 10.6 Å². The second-order valence-electron chi connectivity index (χ2n) is 10.9. The van der Waals surface area contributed by atoms with Crippen molar-refractivity contribution in [3.63, 3.8) is 0 Å². The quantitative estimate of drug-likeness (QED) is 0.534. The molecule has 3 heterocycles. The van der Waals surface area contributed by atoms with E-state index in [2.05, 4.69) is 22.9 Å². The molecule has 2 aliphatic rings. The molecular formula is C28H33N7O5S. The standard InChI is InChI=1S/C28H33N7O5S/c1-19(36)35-16-15-33(17-21(35)11-13-29)26-22-12-14-34(27(37)40-28(2,3)4)18-23(22)31-25(32-26)10-9-20-7-5-6-8-24(20)41(30,38)39/h5-8,21H,11-12,14-18H2,1-4H3,(H2,30,38,39)/t21-/m0/s1. The third kappa shape index (κ3) is 7.12. The molecule has 12 nitrogen and oxygen atoms in total. The number of nitrogens with two attached hydrogens (primary N) is 1.